The molecule has 0 saturated carbocycles. The third-order valence-corrected chi connectivity index (χ3v) is 4.31. The van der Waals surface area contributed by atoms with E-state index in [0.29, 0.717) is 16.8 Å². The highest BCUT2D eigenvalue weighted by molar-refractivity contribution is 5.92. The molecule has 0 atom stereocenters. The number of ether oxygens (including phenoxy) is 2. The van der Waals surface area contributed by atoms with Crippen molar-refractivity contribution in [1.29, 1.82) is 0 Å². The second-order valence-corrected chi connectivity index (χ2v) is 6.52. The van der Waals surface area contributed by atoms with Crippen LogP contribution in [-0.4, -0.2) is 16.9 Å². The highest BCUT2D eigenvalue weighted by Gasteiger charge is 2.32. The SMILES string of the molecule is CC(=O)Oc1c(C)n(Cc2cccc(C(F)(F)F)c2)c2ccc(OC(F)(F)F)cc12. The molecule has 0 aliphatic carbocycles. The van der Waals surface area contributed by atoms with Crippen LogP contribution in [0.1, 0.15) is 23.7 Å². The van der Waals surface area contributed by atoms with Gasteiger partial charge in [0.05, 0.1) is 16.8 Å². The third-order valence-electron chi connectivity index (χ3n) is 4.31. The quantitative estimate of drug-likeness (QED) is 0.385. The molecule has 160 valence electrons. The predicted octanol–water partition coefficient (Wildman–Crippen LogP) is 5.84. The minimum absolute atomic E-state index is 0.0112. The number of hydrogen-bond donors (Lipinski definition) is 0. The highest BCUT2D eigenvalue weighted by atomic mass is 19.4. The summed E-state index contributed by atoms with van der Waals surface area (Å²) in [5.41, 5.74) is 0.225. The van der Waals surface area contributed by atoms with E-state index >= 15 is 0 Å². The minimum Gasteiger partial charge on any atom is -0.424 e. The molecule has 3 rings (SSSR count). The van der Waals surface area contributed by atoms with Crippen LogP contribution >= 0.6 is 0 Å². The molecule has 1 aromatic heterocycles. The van der Waals surface area contributed by atoms with Gasteiger partial charge in [0.1, 0.15) is 5.75 Å². The Morgan fingerprint density at radius 3 is 2.33 bits per heavy atom. The Morgan fingerprint density at radius 1 is 1.03 bits per heavy atom. The lowest BCUT2D eigenvalue weighted by atomic mass is 10.1. The summed E-state index contributed by atoms with van der Waals surface area (Å²) in [6.07, 6.45) is -9.43. The average molecular weight is 431 g/mol. The topological polar surface area (TPSA) is 40.5 Å². The number of aromatic nitrogens is 1. The van der Waals surface area contributed by atoms with Crippen LogP contribution in [0.4, 0.5) is 26.3 Å². The van der Waals surface area contributed by atoms with E-state index in [1.54, 1.807) is 11.5 Å². The van der Waals surface area contributed by atoms with Gasteiger partial charge in [-0.3, -0.25) is 4.79 Å². The Bertz CT molecular complexity index is 1100. The van der Waals surface area contributed by atoms with Crippen LogP contribution in [-0.2, 0) is 17.5 Å². The van der Waals surface area contributed by atoms with Crippen molar-refractivity contribution in [3.05, 3.63) is 59.3 Å². The molecule has 1 heterocycles. The second kappa shape index (κ2) is 7.58. The van der Waals surface area contributed by atoms with E-state index in [-0.39, 0.29) is 17.7 Å². The first kappa shape index (κ1) is 21.5. The highest BCUT2D eigenvalue weighted by Crippen LogP contribution is 2.37. The van der Waals surface area contributed by atoms with E-state index in [1.165, 1.54) is 18.2 Å². The fourth-order valence-electron chi connectivity index (χ4n) is 3.13. The maximum absolute atomic E-state index is 13.0. The van der Waals surface area contributed by atoms with Gasteiger partial charge in [-0.05, 0) is 42.8 Å². The van der Waals surface area contributed by atoms with Gasteiger partial charge in [-0.1, -0.05) is 12.1 Å². The molecule has 3 aromatic rings. The van der Waals surface area contributed by atoms with Gasteiger partial charge >= 0.3 is 18.5 Å². The minimum atomic E-state index is -4.91. The van der Waals surface area contributed by atoms with Crippen LogP contribution in [0.5, 0.6) is 11.5 Å². The largest absolute Gasteiger partial charge is 0.573 e. The summed E-state index contributed by atoms with van der Waals surface area (Å²) in [5.74, 6) is -1.20. The lowest BCUT2D eigenvalue weighted by Crippen LogP contribution is -2.17. The zero-order chi connectivity index (χ0) is 22.3. The molecule has 0 fully saturated rings. The maximum atomic E-state index is 13.0. The van der Waals surface area contributed by atoms with Crippen LogP contribution in [0.25, 0.3) is 10.9 Å². The summed E-state index contributed by atoms with van der Waals surface area (Å²) in [5, 5.41) is 0.163. The Hall–Kier alpha value is -3.17. The normalized spacial score (nSPS) is 12.3. The number of alkyl halides is 6. The monoisotopic (exact) mass is 431 g/mol. The molecule has 0 N–H and O–H groups in total. The van der Waals surface area contributed by atoms with Gasteiger partial charge in [-0.15, -0.1) is 13.2 Å². The number of benzene rings is 2. The summed E-state index contributed by atoms with van der Waals surface area (Å²) < 4.78 is 87.3. The zero-order valence-electron chi connectivity index (χ0n) is 15.7. The first-order chi connectivity index (χ1) is 13.8. The van der Waals surface area contributed by atoms with E-state index in [4.69, 9.17) is 4.74 Å². The number of carbonyl (C=O) groups excluding carboxylic acids is 1. The molecule has 4 nitrogen and oxygen atoms in total. The van der Waals surface area contributed by atoms with Gasteiger partial charge in [0, 0.05) is 18.9 Å². The Labute approximate surface area is 166 Å². The van der Waals surface area contributed by atoms with Crippen LogP contribution in [0.2, 0.25) is 0 Å². The lowest BCUT2D eigenvalue weighted by molar-refractivity contribution is -0.274. The second-order valence-electron chi connectivity index (χ2n) is 6.52. The molecular formula is C20H15F6NO3. The molecule has 0 spiro atoms. The van der Waals surface area contributed by atoms with Crippen molar-refractivity contribution in [3.63, 3.8) is 0 Å². The smallest absolute Gasteiger partial charge is 0.424 e. The van der Waals surface area contributed by atoms with Gasteiger partial charge in [0.2, 0.25) is 0 Å². The molecule has 0 radical (unpaired) electrons. The lowest BCUT2D eigenvalue weighted by Gasteiger charge is -2.12. The van der Waals surface area contributed by atoms with Gasteiger partial charge < -0.3 is 14.0 Å². The predicted molar refractivity (Wildman–Crippen MR) is 95.2 cm³/mol. The molecule has 0 saturated heterocycles. The Balaban J connectivity index is 2.10. The van der Waals surface area contributed by atoms with E-state index in [2.05, 4.69) is 4.74 Å². The Kier molecular flexibility index (Phi) is 5.44. The molecule has 2 aromatic carbocycles. The first-order valence-corrected chi connectivity index (χ1v) is 8.58. The van der Waals surface area contributed by atoms with Gasteiger partial charge in [-0.25, -0.2) is 0 Å². The average Bonchev–Trinajstić information content (AvgIpc) is 2.85. The Morgan fingerprint density at radius 2 is 1.73 bits per heavy atom. The maximum Gasteiger partial charge on any atom is 0.573 e. The van der Waals surface area contributed by atoms with E-state index < -0.39 is 29.8 Å². The molecular weight excluding hydrogens is 416 g/mol. The first-order valence-electron chi connectivity index (χ1n) is 8.58. The van der Waals surface area contributed by atoms with Crippen molar-refractivity contribution in [3.8, 4) is 11.5 Å². The molecule has 30 heavy (non-hydrogen) atoms. The van der Waals surface area contributed by atoms with Crippen LogP contribution in [0.3, 0.4) is 0 Å². The van der Waals surface area contributed by atoms with E-state index in [9.17, 15) is 31.1 Å². The van der Waals surface area contributed by atoms with Gasteiger partial charge in [0.15, 0.2) is 5.75 Å². The standard InChI is InChI=1S/C20H15F6NO3/c1-11-18(29-12(2)28)16-9-15(30-20(24,25)26)6-7-17(16)27(11)10-13-4-3-5-14(8-13)19(21,22)23/h3-9H,10H2,1-2H3. The van der Waals surface area contributed by atoms with E-state index in [0.717, 1.165) is 31.2 Å². The summed E-state index contributed by atoms with van der Waals surface area (Å²) >= 11 is 0. The van der Waals surface area contributed by atoms with Crippen molar-refractivity contribution in [2.45, 2.75) is 32.9 Å². The van der Waals surface area contributed by atoms with Crippen molar-refractivity contribution in [1.82, 2.24) is 4.57 Å². The molecule has 0 amide bonds. The molecule has 10 heteroatoms. The van der Waals surface area contributed by atoms with Crippen LogP contribution in [0, 0.1) is 6.92 Å². The number of hydrogen-bond acceptors (Lipinski definition) is 3. The number of nitrogens with zero attached hydrogens (tertiary/aromatic N) is 1. The zero-order valence-corrected chi connectivity index (χ0v) is 15.7. The van der Waals surface area contributed by atoms with Gasteiger partial charge in [0.25, 0.3) is 0 Å². The summed E-state index contributed by atoms with van der Waals surface area (Å²) in [6.45, 7) is 2.66. The van der Waals surface area contributed by atoms with E-state index in [1.807, 2.05) is 0 Å². The molecule has 0 aliphatic heterocycles. The fraction of sp³-hybridized carbons (Fsp3) is 0.250. The van der Waals surface area contributed by atoms with Crippen molar-refractivity contribution in [2.24, 2.45) is 0 Å². The summed E-state index contributed by atoms with van der Waals surface area (Å²) in [6, 6.07) is 8.15. The van der Waals surface area contributed by atoms with Gasteiger partial charge in [-0.2, -0.15) is 13.2 Å². The summed E-state index contributed by atoms with van der Waals surface area (Å²) in [4.78, 5) is 11.5. The molecule has 0 aliphatic rings. The van der Waals surface area contributed by atoms with Crippen molar-refractivity contribution < 1.29 is 40.6 Å². The van der Waals surface area contributed by atoms with Crippen LogP contribution < -0.4 is 9.47 Å². The molecule has 0 unspecified atom stereocenters. The summed E-state index contributed by atoms with van der Waals surface area (Å²) in [7, 11) is 0. The number of esters is 1. The number of carbonyl (C=O) groups is 1. The fourth-order valence-corrected chi connectivity index (χ4v) is 3.13. The number of fused-ring (bicyclic) bond motifs is 1. The van der Waals surface area contributed by atoms with Crippen molar-refractivity contribution in [2.75, 3.05) is 0 Å². The third kappa shape index (κ3) is 4.69. The number of rotatable bonds is 4. The number of halogens is 6. The molecule has 0 bridgehead atoms. The van der Waals surface area contributed by atoms with Crippen molar-refractivity contribution >= 4 is 16.9 Å². The van der Waals surface area contributed by atoms with Crippen LogP contribution in [0.15, 0.2) is 42.5 Å².